The van der Waals surface area contributed by atoms with Crippen molar-refractivity contribution in [2.45, 2.75) is 120 Å². The van der Waals surface area contributed by atoms with Crippen molar-refractivity contribution < 1.29 is 118 Å². The number of hydrogen-bond acceptors (Lipinski definition) is 24. The molecule has 0 aromatic rings. The van der Waals surface area contributed by atoms with Gasteiger partial charge in [-0.3, -0.25) is 9.59 Å². The zero-order valence-electron chi connectivity index (χ0n) is 38.1. The third-order valence-corrected chi connectivity index (χ3v) is 13.2. The number of carbonyl (C=O) groups excluding carboxylic acids is 4. The summed E-state index contributed by atoms with van der Waals surface area (Å²) in [5.74, 6) is -8.02. The summed E-state index contributed by atoms with van der Waals surface area (Å²) < 4.78 is 54.9. The van der Waals surface area contributed by atoms with E-state index in [-0.39, 0.29) is 41.2 Å². The monoisotopic (exact) mass is 976 g/mol. The first kappa shape index (κ1) is 54.8. The standard InChI is InChI=1S/C44H64O24/c1-6-20-22(25(39(57)59-4)16-63-41(20)67-43-37(55)35(53)33(51)28(12-46)65-43)9-30(49)61-14-19(11-45)32-24(18(3)8-27(32)48)15-62-31(50)10-23-21(7-2)42(64-17-26(23)40(58)60-5)68-44-38(56)36(54)34(52)29(13-47)66-44/h6-7,16-19,22-24,27-29,32-38,41-48,51-56H,8-15H2,1-5H3/b20-6+,21-7?/t18-,19+,22-,23-,24+,27-,28+,29+,32-,33+,34+,35-,36-,37+,38+,41-,42-,43-,44-/m0/s1. The topological polar surface area (TPSA) is 363 Å². The lowest BCUT2D eigenvalue weighted by Crippen LogP contribution is -2.60. The molecule has 24 heteroatoms. The van der Waals surface area contributed by atoms with Crippen molar-refractivity contribution in [1.29, 1.82) is 0 Å². The van der Waals surface area contributed by atoms with Crippen LogP contribution in [0.1, 0.15) is 40.0 Å². The smallest absolute Gasteiger partial charge is 0.337 e. The Morgan fingerprint density at radius 1 is 0.676 bits per heavy atom. The molecule has 0 radical (unpaired) electrons. The molecular formula is C44H64O24. The maximum atomic E-state index is 13.6. The van der Waals surface area contributed by atoms with Gasteiger partial charge in [-0.25, -0.2) is 9.59 Å². The van der Waals surface area contributed by atoms with Gasteiger partial charge < -0.3 is 98.4 Å². The number of aliphatic hydroxyl groups is 10. The molecule has 68 heavy (non-hydrogen) atoms. The minimum Gasteiger partial charge on any atom is -0.468 e. The Bertz CT molecular complexity index is 1860. The molecule has 24 nitrogen and oxygen atoms in total. The zero-order chi connectivity index (χ0) is 50.1. The minimum absolute atomic E-state index is 0.0933. The van der Waals surface area contributed by atoms with E-state index >= 15 is 0 Å². The van der Waals surface area contributed by atoms with Crippen molar-refractivity contribution in [3.8, 4) is 0 Å². The molecule has 384 valence electrons. The summed E-state index contributed by atoms with van der Waals surface area (Å²) >= 11 is 0. The number of allylic oxidation sites excluding steroid dienone is 2. The summed E-state index contributed by atoms with van der Waals surface area (Å²) in [5.41, 5.74) is 0.167. The molecule has 0 amide bonds. The van der Waals surface area contributed by atoms with Crippen LogP contribution in [0.3, 0.4) is 0 Å². The highest BCUT2D eigenvalue weighted by Crippen LogP contribution is 2.43. The van der Waals surface area contributed by atoms with Gasteiger partial charge in [0.05, 0.1) is 83.3 Å². The normalized spacial score (nSPS) is 38.9. The predicted octanol–water partition coefficient (Wildman–Crippen LogP) is -3.32. The second-order valence-corrected chi connectivity index (χ2v) is 17.2. The van der Waals surface area contributed by atoms with E-state index in [9.17, 15) is 70.2 Å². The number of rotatable bonds is 18. The van der Waals surface area contributed by atoms with Crippen LogP contribution in [0.25, 0.3) is 0 Å². The second kappa shape index (κ2) is 24.6. The molecule has 5 rings (SSSR count). The zero-order valence-corrected chi connectivity index (χ0v) is 38.1. The molecule has 0 spiro atoms. The fourth-order valence-corrected chi connectivity index (χ4v) is 9.29. The highest BCUT2D eigenvalue weighted by Gasteiger charge is 2.50. The maximum Gasteiger partial charge on any atom is 0.337 e. The molecule has 1 saturated carbocycles. The second-order valence-electron chi connectivity index (χ2n) is 17.2. The fraction of sp³-hybridized carbons (Fsp3) is 0.727. The summed E-state index contributed by atoms with van der Waals surface area (Å²) in [7, 11) is 2.23. The van der Waals surface area contributed by atoms with Crippen LogP contribution in [0.2, 0.25) is 0 Å². The van der Waals surface area contributed by atoms with Gasteiger partial charge in [-0.1, -0.05) is 19.1 Å². The average Bonchev–Trinajstić information content (AvgIpc) is 3.61. The van der Waals surface area contributed by atoms with Crippen LogP contribution in [0, 0.1) is 35.5 Å². The fourth-order valence-electron chi connectivity index (χ4n) is 9.29. The van der Waals surface area contributed by atoms with Crippen LogP contribution in [-0.4, -0.2) is 202 Å². The van der Waals surface area contributed by atoms with Gasteiger partial charge in [-0.2, -0.15) is 0 Å². The lowest BCUT2D eigenvalue weighted by Gasteiger charge is -2.42. The third-order valence-electron chi connectivity index (χ3n) is 13.2. The molecule has 2 saturated heterocycles. The van der Waals surface area contributed by atoms with Gasteiger partial charge in [0.25, 0.3) is 0 Å². The first-order chi connectivity index (χ1) is 32.4. The summed E-state index contributed by atoms with van der Waals surface area (Å²) in [6, 6.07) is 0. The molecule has 0 aromatic heterocycles. The van der Waals surface area contributed by atoms with Crippen LogP contribution in [-0.2, 0) is 66.5 Å². The Balaban J connectivity index is 1.24. The van der Waals surface area contributed by atoms with Gasteiger partial charge in [0.15, 0.2) is 12.6 Å². The molecule has 1 aliphatic carbocycles. The van der Waals surface area contributed by atoms with Crippen LogP contribution >= 0.6 is 0 Å². The van der Waals surface area contributed by atoms with Crippen molar-refractivity contribution in [1.82, 2.24) is 0 Å². The number of esters is 4. The highest BCUT2D eigenvalue weighted by molar-refractivity contribution is 5.91. The maximum absolute atomic E-state index is 13.6. The van der Waals surface area contributed by atoms with E-state index in [1.54, 1.807) is 13.8 Å². The number of ether oxygens (including phenoxy) is 10. The Labute approximate surface area is 390 Å². The largest absolute Gasteiger partial charge is 0.468 e. The Morgan fingerprint density at radius 2 is 1.12 bits per heavy atom. The first-order valence-electron chi connectivity index (χ1n) is 22.1. The average molecular weight is 977 g/mol. The van der Waals surface area contributed by atoms with Crippen molar-refractivity contribution in [3.05, 3.63) is 47.0 Å². The van der Waals surface area contributed by atoms with Gasteiger partial charge in [-0.15, -0.1) is 0 Å². The summed E-state index contributed by atoms with van der Waals surface area (Å²) in [6.07, 6.45) is -15.9. The van der Waals surface area contributed by atoms with Gasteiger partial charge >= 0.3 is 23.9 Å². The molecule has 4 heterocycles. The SMILES string of the molecule is CC=C1[C@H](O[C@@H]2O[C@H](CO)[C@@H](O)[C@H](O)[C@H]2O)OC=C(C(=O)OC)[C@H]1CC(=O)OC[C@H]1[C@H]([C@H](CO)COC(=O)C[C@@H]2C(C(=O)OC)=CO[C@@H](O[C@@H]3O[C@H](CO)[C@@H](O)[C@H](O)[C@H]3O)/C2=C/C)[C@@H](O)C[C@@H]1C. The van der Waals surface area contributed by atoms with E-state index in [0.717, 1.165) is 26.7 Å². The summed E-state index contributed by atoms with van der Waals surface area (Å²) in [5, 5.41) is 103. The van der Waals surface area contributed by atoms with E-state index in [0.29, 0.717) is 0 Å². The Kier molecular flexibility index (Phi) is 19.9. The van der Waals surface area contributed by atoms with Gasteiger partial charge in [0, 0.05) is 41.4 Å². The summed E-state index contributed by atoms with van der Waals surface area (Å²) in [4.78, 5) is 52.9. The van der Waals surface area contributed by atoms with E-state index in [4.69, 9.17) is 47.4 Å². The van der Waals surface area contributed by atoms with E-state index in [1.165, 1.54) is 12.2 Å². The Hall–Kier alpha value is -4.12. The van der Waals surface area contributed by atoms with E-state index in [1.807, 2.05) is 6.92 Å². The van der Waals surface area contributed by atoms with Gasteiger partial charge in [0.2, 0.25) is 12.6 Å². The minimum atomic E-state index is -1.79. The molecule has 3 fully saturated rings. The number of hydrogen-bond donors (Lipinski definition) is 10. The van der Waals surface area contributed by atoms with Crippen molar-refractivity contribution >= 4 is 23.9 Å². The number of aliphatic hydroxyl groups excluding tert-OH is 10. The third kappa shape index (κ3) is 12.1. The molecule has 4 aliphatic heterocycles. The lowest BCUT2D eigenvalue weighted by molar-refractivity contribution is -0.327. The molecule has 0 bridgehead atoms. The quantitative estimate of drug-likeness (QED) is 0.0365. The van der Waals surface area contributed by atoms with Crippen molar-refractivity contribution in [3.63, 3.8) is 0 Å². The van der Waals surface area contributed by atoms with Crippen LogP contribution in [0.4, 0.5) is 0 Å². The summed E-state index contributed by atoms with van der Waals surface area (Å²) in [6.45, 7) is 2.22. The van der Waals surface area contributed by atoms with Crippen molar-refractivity contribution in [2.24, 2.45) is 35.5 Å². The van der Waals surface area contributed by atoms with Crippen LogP contribution in [0.15, 0.2) is 47.0 Å². The van der Waals surface area contributed by atoms with Gasteiger partial charge in [-0.05, 0) is 32.1 Å². The number of carbonyl (C=O) groups is 4. The molecule has 0 aromatic carbocycles. The molecule has 0 unspecified atom stereocenters. The highest BCUT2D eigenvalue weighted by atomic mass is 16.8. The molecule has 5 aliphatic rings. The van der Waals surface area contributed by atoms with Crippen LogP contribution < -0.4 is 0 Å². The molecule has 10 N–H and O–H groups in total. The van der Waals surface area contributed by atoms with Gasteiger partial charge in [0.1, 0.15) is 48.8 Å². The predicted molar refractivity (Wildman–Crippen MR) is 223 cm³/mol. The molecule has 19 atom stereocenters. The van der Waals surface area contributed by atoms with E-state index < -0.39 is 173 Å². The Morgan fingerprint density at radius 3 is 1.51 bits per heavy atom. The van der Waals surface area contributed by atoms with Crippen molar-refractivity contribution in [2.75, 3.05) is 47.3 Å². The number of methoxy groups -OCH3 is 2. The molecular weight excluding hydrogens is 912 g/mol. The van der Waals surface area contributed by atoms with E-state index in [2.05, 4.69) is 0 Å². The lowest BCUT2D eigenvalue weighted by atomic mass is 9.81. The first-order valence-corrected chi connectivity index (χ1v) is 22.1. The van der Waals surface area contributed by atoms with Crippen LogP contribution in [0.5, 0.6) is 0 Å².